The third kappa shape index (κ3) is 3.10. The first kappa shape index (κ1) is 14.9. The number of halogens is 2. The van der Waals surface area contributed by atoms with Crippen molar-refractivity contribution in [3.8, 4) is 0 Å². The number of nitrogens with zero attached hydrogens (tertiary/aromatic N) is 1. The van der Waals surface area contributed by atoms with Crippen LogP contribution in [0.5, 0.6) is 0 Å². The van der Waals surface area contributed by atoms with Gasteiger partial charge in [0.1, 0.15) is 5.82 Å². The zero-order valence-corrected chi connectivity index (χ0v) is 13.3. The summed E-state index contributed by atoms with van der Waals surface area (Å²) in [6.45, 7) is 1.73. The molecule has 6 heteroatoms. The van der Waals surface area contributed by atoms with E-state index in [-0.39, 0.29) is 18.1 Å². The molecule has 0 aliphatic carbocycles. The van der Waals surface area contributed by atoms with Gasteiger partial charge in [-0.15, -0.1) is 0 Å². The van der Waals surface area contributed by atoms with E-state index in [1.54, 1.807) is 25.1 Å². The number of aryl methyl sites for hydroxylation is 1. The Morgan fingerprint density at radius 1 is 1.32 bits per heavy atom. The lowest BCUT2D eigenvalue weighted by atomic mass is 10.1. The summed E-state index contributed by atoms with van der Waals surface area (Å²) in [6, 6.07) is 9.92. The molecule has 1 N–H and O–H groups in total. The number of nitrogens with one attached hydrogen (secondary N) is 1. The first-order chi connectivity index (χ1) is 10.5. The van der Waals surface area contributed by atoms with Gasteiger partial charge < -0.3 is 5.32 Å². The van der Waals surface area contributed by atoms with Crippen molar-refractivity contribution < 1.29 is 9.18 Å². The van der Waals surface area contributed by atoms with Crippen molar-refractivity contribution in [3.05, 3.63) is 58.4 Å². The number of thiazole rings is 1. The highest BCUT2D eigenvalue weighted by molar-refractivity contribution is 7.22. The van der Waals surface area contributed by atoms with Crippen LogP contribution in [0.4, 0.5) is 9.52 Å². The fraction of sp³-hybridized carbons (Fsp3) is 0.125. The topological polar surface area (TPSA) is 42.0 Å². The van der Waals surface area contributed by atoms with Crippen molar-refractivity contribution in [2.45, 2.75) is 6.92 Å². The van der Waals surface area contributed by atoms with Gasteiger partial charge in [-0.1, -0.05) is 35.1 Å². The second-order valence-electron chi connectivity index (χ2n) is 4.87. The molecular weight excluding hydrogens is 323 g/mol. The smallest absolute Gasteiger partial charge is 0.184 e. The fourth-order valence-electron chi connectivity index (χ4n) is 2.00. The normalized spacial score (nSPS) is 10.9. The van der Waals surface area contributed by atoms with Gasteiger partial charge in [-0.3, -0.25) is 4.79 Å². The van der Waals surface area contributed by atoms with E-state index in [2.05, 4.69) is 10.3 Å². The van der Waals surface area contributed by atoms with Crippen LogP contribution in [-0.2, 0) is 0 Å². The highest BCUT2D eigenvalue weighted by Crippen LogP contribution is 2.28. The number of hydrogen-bond donors (Lipinski definition) is 1. The molecule has 1 aromatic heterocycles. The zero-order valence-electron chi connectivity index (χ0n) is 11.7. The van der Waals surface area contributed by atoms with Gasteiger partial charge in [0.2, 0.25) is 0 Å². The summed E-state index contributed by atoms with van der Waals surface area (Å²) in [5.74, 6) is -0.559. The van der Waals surface area contributed by atoms with Crippen molar-refractivity contribution in [2.24, 2.45) is 0 Å². The third-order valence-electron chi connectivity index (χ3n) is 3.24. The minimum Gasteiger partial charge on any atom is -0.354 e. The maximum atomic E-state index is 13.5. The van der Waals surface area contributed by atoms with Crippen LogP contribution in [0.15, 0.2) is 36.4 Å². The minimum atomic E-state index is -0.375. The van der Waals surface area contributed by atoms with E-state index in [4.69, 9.17) is 11.6 Å². The van der Waals surface area contributed by atoms with Gasteiger partial charge in [-0.05, 0) is 36.8 Å². The predicted octanol–water partition coefficient (Wildman–Crippen LogP) is 4.69. The van der Waals surface area contributed by atoms with E-state index >= 15 is 0 Å². The molecule has 0 atom stereocenters. The third-order valence-corrected chi connectivity index (χ3v) is 4.46. The van der Waals surface area contributed by atoms with Crippen LogP contribution in [0, 0.1) is 12.7 Å². The molecule has 0 bridgehead atoms. The highest BCUT2D eigenvalue weighted by Gasteiger charge is 2.10. The van der Waals surface area contributed by atoms with Crippen LogP contribution >= 0.6 is 22.9 Å². The second kappa shape index (κ2) is 6.02. The molecular formula is C16H12ClFN2OS. The van der Waals surface area contributed by atoms with E-state index in [9.17, 15) is 9.18 Å². The molecule has 112 valence electrons. The maximum absolute atomic E-state index is 13.5. The van der Waals surface area contributed by atoms with Crippen molar-refractivity contribution in [3.63, 3.8) is 0 Å². The fourth-order valence-corrected chi connectivity index (χ4v) is 3.14. The average molecular weight is 335 g/mol. The zero-order chi connectivity index (χ0) is 15.7. The minimum absolute atomic E-state index is 0.0655. The van der Waals surface area contributed by atoms with Crippen LogP contribution in [0.1, 0.15) is 15.9 Å². The Hall–Kier alpha value is -1.98. The van der Waals surface area contributed by atoms with Crippen molar-refractivity contribution in [2.75, 3.05) is 11.9 Å². The Morgan fingerprint density at radius 2 is 2.14 bits per heavy atom. The van der Waals surface area contributed by atoms with Crippen LogP contribution < -0.4 is 5.32 Å². The number of benzene rings is 2. The Morgan fingerprint density at radius 3 is 2.91 bits per heavy atom. The molecule has 0 saturated carbocycles. The summed E-state index contributed by atoms with van der Waals surface area (Å²) in [5.41, 5.74) is 1.69. The van der Waals surface area contributed by atoms with Gasteiger partial charge in [0, 0.05) is 10.6 Å². The number of aromatic nitrogens is 1. The monoisotopic (exact) mass is 334 g/mol. The van der Waals surface area contributed by atoms with E-state index in [1.807, 2.05) is 12.1 Å². The number of rotatable bonds is 4. The van der Waals surface area contributed by atoms with Gasteiger partial charge in [0.15, 0.2) is 10.9 Å². The molecule has 0 saturated heterocycles. The summed E-state index contributed by atoms with van der Waals surface area (Å²) in [7, 11) is 0. The molecule has 1 heterocycles. The van der Waals surface area contributed by atoms with Crippen LogP contribution in [0.25, 0.3) is 10.2 Å². The van der Waals surface area contributed by atoms with E-state index in [0.717, 1.165) is 10.2 Å². The van der Waals surface area contributed by atoms with E-state index < -0.39 is 0 Å². The number of fused-ring (bicyclic) bond motifs is 1. The number of ketones is 1. The maximum Gasteiger partial charge on any atom is 0.184 e. The predicted molar refractivity (Wildman–Crippen MR) is 88.6 cm³/mol. The summed E-state index contributed by atoms with van der Waals surface area (Å²) in [6.07, 6.45) is 0. The Labute approximate surface area is 135 Å². The van der Waals surface area contributed by atoms with Crippen LogP contribution in [-0.4, -0.2) is 17.3 Å². The highest BCUT2D eigenvalue weighted by atomic mass is 35.5. The number of carbonyl (C=O) groups is 1. The first-order valence-electron chi connectivity index (χ1n) is 6.62. The molecule has 0 fully saturated rings. The largest absolute Gasteiger partial charge is 0.354 e. The molecule has 0 radical (unpaired) electrons. The molecule has 3 nitrogen and oxygen atoms in total. The van der Waals surface area contributed by atoms with Gasteiger partial charge in [-0.25, -0.2) is 9.37 Å². The SMILES string of the molecule is Cc1ccc(C(=O)CNc2nc3ccc(Cl)cc3s2)cc1F. The first-order valence-corrected chi connectivity index (χ1v) is 7.82. The Balaban J connectivity index is 1.72. The van der Waals surface area contributed by atoms with Gasteiger partial charge in [-0.2, -0.15) is 0 Å². The number of anilines is 1. The van der Waals surface area contributed by atoms with Crippen LogP contribution in [0.2, 0.25) is 5.02 Å². The molecule has 22 heavy (non-hydrogen) atoms. The summed E-state index contributed by atoms with van der Waals surface area (Å²) < 4.78 is 14.4. The molecule has 0 amide bonds. The van der Waals surface area contributed by atoms with Gasteiger partial charge >= 0.3 is 0 Å². The Bertz CT molecular complexity index is 862. The van der Waals surface area contributed by atoms with Gasteiger partial charge in [0.25, 0.3) is 0 Å². The van der Waals surface area contributed by atoms with Gasteiger partial charge in [0.05, 0.1) is 16.8 Å². The second-order valence-corrected chi connectivity index (χ2v) is 6.34. The number of Topliss-reactive ketones (excluding diaryl/α,β-unsaturated/α-hetero) is 1. The molecule has 3 aromatic rings. The number of carbonyl (C=O) groups excluding carboxylic acids is 1. The lowest BCUT2D eigenvalue weighted by molar-refractivity contribution is 0.101. The lowest BCUT2D eigenvalue weighted by Gasteiger charge is -2.03. The number of hydrogen-bond acceptors (Lipinski definition) is 4. The molecule has 0 aliphatic heterocycles. The quantitative estimate of drug-likeness (QED) is 0.704. The van der Waals surface area contributed by atoms with Crippen LogP contribution in [0.3, 0.4) is 0 Å². The summed E-state index contributed by atoms with van der Waals surface area (Å²) >= 11 is 7.35. The van der Waals surface area contributed by atoms with Crippen molar-refractivity contribution in [1.29, 1.82) is 0 Å². The van der Waals surface area contributed by atoms with Crippen molar-refractivity contribution >= 4 is 44.1 Å². The molecule has 0 unspecified atom stereocenters. The molecule has 0 spiro atoms. The molecule has 2 aromatic carbocycles. The molecule has 3 rings (SSSR count). The summed E-state index contributed by atoms with van der Waals surface area (Å²) in [5, 5.41) is 4.26. The lowest BCUT2D eigenvalue weighted by Crippen LogP contribution is -2.14. The average Bonchev–Trinajstić information content (AvgIpc) is 2.89. The standard InChI is InChI=1S/C16H12ClFN2OS/c1-9-2-3-10(6-12(9)18)14(21)8-19-16-20-13-5-4-11(17)7-15(13)22-16/h2-7H,8H2,1H3,(H,19,20). The van der Waals surface area contributed by atoms with E-state index in [1.165, 1.54) is 17.4 Å². The Kier molecular flexibility index (Phi) is 4.09. The summed E-state index contributed by atoms with van der Waals surface area (Å²) in [4.78, 5) is 16.5. The van der Waals surface area contributed by atoms with E-state index in [0.29, 0.717) is 21.3 Å². The molecule has 0 aliphatic rings. The van der Waals surface area contributed by atoms with Crippen molar-refractivity contribution in [1.82, 2.24) is 4.98 Å².